The van der Waals surface area contributed by atoms with E-state index in [0.717, 1.165) is 12.1 Å². The lowest BCUT2D eigenvalue weighted by Crippen LogP contribution is -2.11. The molecule has 0 bridgehead atoms. The molecule has 0 spiro atoms. The van der Waals surface area contributed by atoms with Crippen LogP contribution < -0.4 is 5.43 Å². The highest BCUT2D eigenvalue weighted by atomic mass is 32.2. The number of carbonyl (C=O) groups is 2. The molecule has 2 aromatic heterocycles. The van der Waals surface area contributed by atoms with Gasteiger partial charge in [-0.3, -0.25) is 4.79 Å². The van der Waals surface area contributed by atoms with E-state index in [1.165, 1.54) is 30.3 Å². The number of carboxylic acid groups (broad SMARTS) is 2. The Morgan fingerprint density at radius 3 is 2.30 bits per heavy atom. The summed E-state index contributed by atoms with van der Waals surface area (Å²) >= 11 is 0. The molecule has 0 saturated heterocycles. The van der Waals surface area contributed by atoms with E-state index in [0.29, 0.717) is 6.42 Å². The second kappa shape index (κ2) is 8.14. The summed E-state index contributed by atoms with van der Waals surface area (Å²) in [5, 5.41) is 18.9. The first kappa shape index (κ1) is 22.2. The van der Waals surface area contributed by atoms with Crippen LogP contribution in [0.15, 0.2) is 67.5 Å². The zero-order chi connectivity index (χ0) is 23.9. The van der Waals surface area contributed by atoms with Crippen molar-refractivity contribution in [3.63, 3.8) is 0 Å². The first-order valence-electron chi connectivity index (χ1n) is 9.86. The maximum atomic E-state index is 13.5. The SMILES string of the molecule is CCCc1c2nc(C(=O)O)cc(S(=O)(=O)c3ccccc3)c2cc2c(=O)cc(C(=O)O)oc12. The first-order valence-corrected chi connectivity index (χ1v) is 11.3. The summed E-state index contributed by atoms with van der Waals surface area (Å²) in [6.45, 7) is 1.81. The molecular weight excluding hydrogens is 450 g/mol. The molecular formula is C23H17NO8S. The Bertz CT molecular complexity index is 1610. The van der Waals surface area contributed by atoms with E-state index in [2.05, 4.69) is 4.98 Å². The summed E-state index contributed by atoms with van der Waals surface area (Å²) in [7, 11) is -4.19. The van der Waals surface area contributed by atoms with E-state index < -0.39 is 38.7 Å². The molecule has 33 heavy (non-hydrogen) atoms. The van der Waals surface area contributed by atoms with Crippen LogP contribution in [0.1, 0.15) is 40.0 Å². The number of hydrogen-bond donors (Lipinski definition) is 2. The molecule has 4 aromatic rings. The van der Waals surface area contributed by atoms with Crippen LogP contribution in [0, 0.1) is 0 Å². The normalized spacial score (nSPS) is 11.7. The lowest BCUT2D eigenvalue weighted by Gasteiger charge is -2.14. The van der Waals surface area contributed by atoms with Crippen LogP contribution in [0.5, 0.6) is 0 Å². The molecule has 9 nitrogen and oxygen atoms in total. The molecule has 0 radical (unpaired) electrons. The Labute approximate surface area is 186 Å². The minimum Gasteiger partial charge on any atom is -0.477 e. The van der Waals surface area contributed by atoms with E-state index in [9.17, 15) is 33.0 Å². The molecule has 0 aliphatic heterocycles. The Morgan fingerprint density at radius 2 is 1.70 bits per heavy atom. The zero-order valence-corrected chi connectivity index (χ0v) is 18.0. The van der Waals surface area contributed by atoms with E-state index >= 15 is 0 Å². The lowest BCUT2D eigenvalue weighted by molar-refractivity contribution is 0.0659. The van der Waals surface area contributed by atoms with Crippen LogP contribution in [0.3, 0.4) is 0 Å². The van der Waals surface area contributed by atoms with Crippen LogP contribution in [0.2, 0.25) is 0 Å². The van der Waals surface area contributed by atoms with Gasteiger partial charge < -0.3 is 14.6 Å². The zero-order valence-electron chi connectivity index (χ0n) is 17.2. The van der Waals surface area contributed by atoms with E-state index in [-0.39, 0.29) is 43.6 Å². The standard InChI is InChI=1S/C23H17NO8S/c1-2-6-13-20-15(9-14-17(25)11-18(23(28)29)32-21(13)14)19(10-16(24-20)22(26)27)33(30,31)12-7-4-3-5-8-12/h3-5,7-11H,2,6H2,1H3,(H,26,27)(H,28,29). The Hall–Kier alpha value is -4.05. The van der Waals surface area contributed by atoms with Crippen molar-refractivity contribution in [1.82, 2.24) is 4.98 Å². The van der Waals surface area contributed by atoms with Gasteiger partial charge in [-0.1, -0.05) is 31.5 Å². The van der Waals surface area contributed by atoms with Crippen molar-refractivity contribution in [2.24, 2.45) is 0 Å². The van der Waals surface area contributed by atoms with Gasteiger partial charge >= 0.3 is 11.9 Å². The number of nitrogens with zero attached hydrogens (tertiary/aromatic N) is 1. The molecule has 0 unspecified atom stereocenters. The number of hydrogen-bond acceptors (Lipinski definition) is 7. The fourth-order valence-electron chi connectivity index (χ4n) is 3.66. The third kappa shape index (κ3) is 3.74. The van der Waals surface area contributed by atoms with Crippen molar-refractivity contribution < 1.29 is 32.6 Å². The first-order chi connectivity index (χ1) is 15.6. The number of aromatic nitrogens is 1. The van der Waals surface area contributed by atoms with Crippen LogP contribution in [0.25, 0.3) is 21.9 Å². The number of sulfone groups is 1. The van der Waals surface area contributed by atoms with Gasteiger partial charge in [-0.25, -0.2) is 23.0 Å². The van der Waals surface area contributed by atoms with Gasteiger partial charge in [0.2, 0.25) is 15.6 Å². The van der Waals surface area contributed by atoms with Crippen molar-refractivity contribution in [2.75, 3.05) is 0 Å². The topological polar surface area (TPSA) is 152 Å². The molecule has 168 valence electrons. The highest BCUT2D eigenvalue weighted by molar-refractivity contribution is 7.91. The van der Waals surface area contributed by atoms with Gasteiger partial charge in [0.05, 0.1) is 20.7 Å². The van der Waals surface area contributed by atoms with E-state index in [1.807, 2.05) is 6.92 Å². The quantitative estimate of drug-likeness (QED) is 0.406. The molecule has 2 aromatic carbocycles. The molecule has 10 heteroatoms. The van der Waals surface area contributed by atoms with Gasteiger partial charge in [0.25, 0.3) is 0 Å². The van der Waals surface area contributed by atoms with Crippen molar-refractivity contribution in [1.29, 1.82) is 0 Å². The fraction of sp³-hybridized carbons (Fsp3) is 0.130. The number of rotatable bonds is 6. The number of fused-ring (bicyclic) bond motifs is 2. The summed E-state index contributed by atoms with van der Waals surface area (Å²) in [5.74, 6) is -3.48. The molecule has 0 fully saturated rings. The summed E-state index contributed by atoms with van der Waals surface area (Å²) < 4.78 is 32.4. The molecule has 0 aliphatic rings. The number of carboxylic acids is 2. The predicted molar refractivity (Wildman–Crippen MR) is 118 cm³/mol. The van der Waals surface area contributed by atoms with Gasteiger partial charge in [0, 0.05) is 17.0 Å². The maximum Gasteiger partial charge on any atom is 0.371 e. The van der Waals surface area contributed by atoms with Gasteiger partial charge in [-0.2, -0.15) is 0 Å². The highest BCUT2D eigenvalue weighted by Gasteiger charge is 2.26. The highest BCUT2D eigenvalue weighted by Crippen LogP contribution is 2.34. The van der Waals surface area contributed by atoms with Gasteiger partial charge in [-0.15, -0.1) is 0 Å². The average molecular weight is 467 g/mol. The number of aryl methyl sites for hydroxylation is 1. The van der Waals surface area contributed by atoms with E-state index in [1.54, 1.807) is 6.07 Å². The summed E-state index contributed by atoms with van der Waals surface area (Å²) in [6, 6.07) is 10.5. The number of benzene rings is 2. The summed E-state index contributed by atoms with van der Waals surface area (Å²) in [5.41, 5.74) is -0.960. The molecule has 0 saturated carbocycles. The largest absolute Gasteiger partial charge is 0.477 e. The van der Waals surface area contributed by atoms with Gasteiger partial charge in [0.1, 0.15) is 11.3 Å². The van der Waals surface area contributed by atoms with Crippen LogP contribution in [0.4, 0.5) is 0 Å². The number of pyridine rings is 1. The van der Waals surface area contributed by atoms with Crippen molar-refractivity contribution >= 4 is 43.6 Å². The molecule has 0 amide bonds. The number of aromatic carboxylic acids is 2. The Kier molecular flexibility index (Phi) is 5.46. The molecule has 4 rings (SSSR count). The average Bonchev–Trinajstić information content (AvgIpc) is 2.79. The minimum absolute atomic E-state index is 0.0180. The fourth-order valence-corrected chi connectivity index (χ4v) is 5.14. The second-order valence-corrected chi connectivity index (χ2v) is 9.20. The molecule has 2 N–H and O–H groups in total. The minimum atomic E-state index is -4.19. The van der Waals surface area contributed by atoms with Gasteiger partial charge in [-0.05, 0) is 30.7 Å². The van der Waals surface area contributed by atoms with Crippen LogP contribution in [-0.4, -0.2) is 35.6 Å². The third-order valence-electron chi connectivity index (χ3n) is 5.13. The monoisotopic (exact) mass is 467 g/mol. The van der Waals surface area contributed by atoms with Crippen molar-refractivity contribution in [3.05, 3.63) is 75.8 Å². The van der Waals surface area contributed by atoms with Gasteiger partial charge in [0.15, 0.2) is 5.43 Å². The molecule has 0 aliphatic carbocycles. The molecule has 2 heterocycles. The second-order valence-electron chi connectivity index (χ2n) is 7.29. The predicted octanol–water partition coefficient (Wildman–Crippen LogP) is 3.52. The lowest BCUT2D eigenvalue weighted by atomic mass is 10.0. The molecule has 0 atom stereocenters. The Morgan fingerprint density at radius 1 is 1.00 bits per heavy atom. The summed E-state index contributed by atoms with van der Waals surface area (Å²) in [4.78, 5) is 39.7. The van der Waals surface area contributed by atoms with E-state index in [4.69, 9.17) is 4.42 Å². The van der Waals surface area contributed by atoms with Crippen LogP contribution in [-0.2, 0) is 16.3 Å². The Balaban J connectivity index is 2.24. The maximum absolute atomic E-state index is 13.5. The van der Waals surface area contributed by atoms with Crippen molar-refractivity contribution in [3.8, 4) is 0 Å². The summed E-state index contributed by atoms with van der Waals surface area (Å²) in [6.07, 6.45) is 0.746. The van der Waals surface area contributed by atoms with Crippen LogP contribution >= 0.6 is 0 Å². The third-order valence-corrected chi connectivity index (χ3v) is 6.94. The smallest absolute Gasteiger partial charge is 0.371 e. The van der Waals surface area contributed by atoms with Crippen molar-refractivity contribution in [2.45, 2.75) is 29.6 Å².